The van der Waals surface area contributed by atoms with E-state index >= 15 is 0 Å². The number of thiocarbonyl (C=S) groups is 1. The van der Waals surface area contributed by atoms with E-state index < -0.39 is 17.8 Å². The largest absolute Gasteiger partial charge is 0.462 e. The fourth-order valence-corrected chi connectivity index (χ4v) is 6.13. The van der Waals surface area contributed by atoms with E-state index in [1.807, 2.05) is 0 Å². The zero-order valence-electron chi connectivity index (χ0n) is 22.9. The first-order valence-electron chi connectivity index (χ1n) is 13.5. The van der Waals surface area contributed by atoms with Gasteiger partial charge in [-0.15, -0.1) is 0 Å². The van der Waals surface area contributed by atoms with Crippen molar-refractivity contribution in [2.45, 2.75) is 46.5 Å². The molecule has 2 aliphatic heterocycles. The third-order valence-corrected chi connectivity index (χ3v) is 8.41. The number of nitrogens with one attached hydrogen (secondary N) is 1. The van der Waals surface area contributed by atoms with Crippen molar-refractivity contribution in [3.05, 3.63) is 64.6 Å². The second-order valence-corrected chi connectivity index (χ2v) is 11.3. The van der Waals surface area contributed by atoms with Crippen molar-refractivity contribution in [3.8, 4) is 0 Å². The Kier molecular flexibility index (Phi) is 9.76. The molecule has 0 spiro atoms. The zero-order chi connectivity index (χ0) is 28.8. The van der Waals surface area contributed by atoms with Crippen LogP contribution in [-0.4, -0.2) is 52.6 Å². The number of hydrogen-bond acceptors (Lipinski definition) is 7. The number of rotatable bonds is 11. The van der Waals surface area contributed by atoms with Crippen molar-refractivity contribution < 1.29 is 23.9 Å². The van der Waals surface area contributed by atoms with Crippen LogP contribution < -0.4 is 10.2 Å². The number of anilines is 2. The predicted octanol–water partition coefficient (Wildman–Crippen LogP) is 5.64. The molecule has 2 aromatic rings. The van der Waals surface area contributed by atoms with Gasteiger partial charge in [0.1, 0.15) is 10.9 Å². The highest BCUT2D eigenvalue weighted by atomic mass is 32.2. The smallest absolute Gasteiger partial charge is 0.338 e. The quantitative estimate of drug-likeness (QED) is 0.209. The number of para-hydroxylation sites is 1. The molecule has 8 nitrogen and oxygen atoms in total. The number of nitrogens with zero attached hydrogens (tertiary/aromatic N) is 2. The number of unbranched alkanes of at least 4 members (excludes halogenated alkanes) is 1. The normalized spacial score (nSPS) is 17.3. The van der Waals surface area contributed by atoms with Crippen molar-refractivity contribution in [1.82, 2.24) is 4.90 Å². The van der Waals surface area contributed by atoms with Crippen LogP contribution in [0.4, 0.5) is 11.4 Å². The molecule has 1 N–H and O–H groups in total. The summed E-state index contributed by atoms with van der Waals surface area (Å²) in [7, 11) is 0. The van der Waals surface area contributed by atoms with Gasteiger partial charge in [-0.2, -0.15) is 0 Å². The van der Waals surface area contributed by atoms with Gasteiger partial charge in [-0.3, -0.25) is 24.2 Å². The summed E-state index contributed by atoms with van der Waals surface area (Å²) in [5.74, 6) is -1.18. The molecular weight excluding hydrogens is 546 g/mol. The Morgan fingerprint density at radius 3 is 2.40 bits per heavy atom. The number of carbonyl (C=O) groups excluding carboxylic acids is 4. The van der Waals surface area contributed by atoms with Crippen LogP contribution in [-0.2, 0) is 19.1 Å². The van der Waals surface area contributed by atoms with E-state index in [4.69, 9.17) is 17.0 Å². The number of carbonyl (C=O) groups is 4. The van der Waals surface area contributed by atoms with E-state index in [-0.39, 0.29) is 24.6 Å². The standard InChI is InChI=1S/C30H33N3O5S2/c1-4-7-10-19(5-2)17-33-28(36)26(40-30(33)39)25-22-11-8-9-12-23(22)32(27(25)35)18-24(34)31-21-15-13-20(14-16-21)29(37)38-6-3/h8-9,11-16,19H,4-7,10,17-18H2,1-3H3,(H,31,34). The number of esters is 1. The fourth-order valence-electron chi connectivity index (χ4n) is 4.79. The lowest BCUT2D eigenvalue weighted by molar-refractivity contribution is -0.123. The van der Waals surface area contributed by atoms with Crippen LogP contribution in [0.15, 0.2) is 53.4 Å². The van der Waals surface area contributed by atoms with Gasteiger partial charge < -0.3 is 10.1 Å². The highest BCUT2D eigenvalue weighted by Crippen LogP contribution is 2.44. The molecule has 0 radical (unpaired) electrons. The number of benzene rings is 2. The van der Waals surface area contributed by atoms with Gasteiger partial charge in [0.15, 0.2) is 0 Å². The highest BCUT2D eigenvalue weighted by Gasteiger charge is 2.42. The minimum absolute atomic E-state index is 0.242. The Balaban J connectivity index is 1.53. The molecule has 0 bridgehead atoms. The average Bonchev–Trinajstić information content (AvgIpc) is 3.38. The van der Waals surface area contributed by atoms with Crippen molar-refractivity contribution in [1.29, 1.82) is 0 Å². The molecular formula is C30H33N3O5S2. The van der Waals surface area contributed by atoms with Crippen LogP contribution in [0.25, 0.3) is 5.57 Å². The number of thioether (sulfide) groups is 1. The Labute approximate surface area is 244 Å². The van der Waals surface area contributed by atoms with Gasteiger partial charge in [0, 0.05) is 17.8 Å². The molecule has 1 saturated heterocycles. The second-order valence-electron chi connectivity index (χ2n) is 9.66. The first kappa shape index (κ1) is 29.5. The molecule has 0 saturated carbocycles. The van der Waals surface area contributed by atoms with Crippen LogP contribution in [0.2, 0.25) is 0 Å². The van der Waals surface area contributed by atoms with Crippen molar-refractivity contribution >= 4 is 68.9 Å². The summed E-state index contributed by atoms with van der Waals surface area (Å²) in [6.07, 6.45) is 4.14. The van der Waals surface area contributed by atoms with Crippen molar-refractivity contribution in [2.24, 2.45) is 5.92 Å². The molecule has 2 heterocycles. The first-order chi connectivity index (χ1) is 19.3. The molecule has 4 rings (SSSR count). The van der Waals surface area contributed by atoms with E-state index in [9.17, 15) is 19.2 Å². The van der Waals surface area contributed by atoms with E-state index in [0.29, 0.717) is 44.2 Å². The zero-order valence-corrected chi connectivity index (χ0v) is 24.5. The SMILES string of the molecule is CCCCC(CC)CN1C(=O)C(=C2C(=O)N(CC(=O)Nc3ccc(C(=O)OCC)cc3)c3ccccc32)SC1=S. The van der Waals surface area contributed by atoms with Crippen LogP contribution >= 0.6 is 24.0 Å². The van der Waals surface area contributed by atoms with Gasteiger partial charge in [0.2, 0.25) is 5.91 Å². The van der Waals surface area contributed by atoms with Crippen LogP contribution in [0.5, 0.6) is 0 Å². The van der Waals surface area contributed by atoms with E-state index in [0.717, 1.165) is 37.4 Å². The predicted molar refractivity (Wildman–Crippen MR) is 162 cm³/mol. The minimum atomic E-state index is -0.441. The maximum absolute atomic E-state index is 13.7. The molecule has 0 aliphatic carbocycles. The van der Waals surface area contributed by atoms with Gasteiger partial charge in [-0.1, -0.05) is 75.3 Å². The van der Waals surface area contributed by atoms with E-state index in [1.165, 1.54) is 4.90 Å². The third kappa shape index (κ3) is 6.28. The molecule has 2 aromatic carbocycles. The van der Waals surface area contributed by atoms with Crippen molar-refractivity contribution in [2.75, 3.05) is 29.9 Å². The minimum Gasteiger partial charge on any atom is -0.462 e. The lowest BCUT2D eigenvalue weighted by atomic mass is 9.98. The summed E-state index contributed by atoms with van der Waals surface area (Å²) in [4.78, 5) is 55.4. The Hall–Kier alpha value is -3.50. The number of hydrogen-bond donors (Lipinski definition) is 1. The van der Waals surface area contributed by atoms with E-state index in [1.54, 1.807) is 60.4 Å². The monoisotopic (exact) mass is 579 g/mol. The van der Waals surface area contributed by atoms with Crippen molar-refractivity contribution in [3.63, 3.8) is 0 Å². The maximum atomic E-state index is 13.7. The summed E-state index contributed by atoms with van der Waals surface area (Å²) in [6.45, 7) is 6.56. The maximum Gasteiger partial charge on any atom is 0.338 e. The number of fused-ring (bicyclic) bond motifs is 1. The molecule has 2 aliphatic rings. The Morgan fingerprint density at radius 2 is 1.73 bits per heavy atom. The summed E-state index contributed by atoms with van der Waals surface area (Å²) < 4.78 is 5.44. The highest BCUT2D eigenvalue weighted by molar-refractivity contribution is 8.26. The van der Waals surface area contributed by atoms with Crippen LogP contribution in [0, 0.1) is 5.92 Å². The molecule has 40 heavy (non-hydrogen) atoms. The van der Waals surface area contributed by atoms with Crippen LogP contribution in [0.1, 0.15) is 62.4 Å². The van der Waals surface area contributed by atoms with Gasteiger partial charge in [-0.05, 0) is 49.6 Å². The fraction of sp³-hybridized carbons (Fsp3) is 0.367. The van der Waals surface area contributed by atoms with Crippen LogP contribution in [0.3, 0.4) is 0 Å². The summed E-state index contributed by atoms with van der Waals surface area (Å²) in [5, 5.41) is 2.77. The molecule has 1 fully saturated rings. The van der Waals surface area contributed by atoms with E-state index in [2.05, 4.69) is 19.2 Å². The molecule has 10 heteroatoms. The van der Waals surface area contributed by atoms with Gasteiger partial charge in [0.25, 0.3) is 11.8 Å². The second kappa shape index (κ2) is 13.2. The molecule has 210 valence electrons. The Bertz CT molecular complexity index is 1360. The lowest BCUT2D eigenvalue weighted by Gasteiger charge is -2.21. The summed E-state index contributed by atoms with van der Waals surface area (Å²) in [6, 6.07) is 13.5. The topological polar surface area (TPSA) is 96.0 Å². The molecule has 1 atom stereocenters. The molecule has 3 amide bonds. The average molecular weight is 580 g/mol. The molecule has 0 aromatic heterocycles. The van der Waals surface area contributed by atoms with Gasteiger partial charge >= 0.3 is 5.97 Å². The number of ether oxygens (including phenoxy) is 1. The lowest BCUT2D eigenvalue weighted by Crippen LogP contribution is -2.36. The van der Waals surface area contributed by atoms with Gasteiger partial charge in [-0.25, -0.2) is 4.79 Å². The Morgan fingerprint density at radius 1 is 1.00 bits per heavy atom. The van der Waals surface area contributed by atoms with Gasteiger partial charge in [0.05, 0.1) is 28.3 Å². The summed E-state index contributed by atoms with van der Waals surface area (Å²) in [5.41, 5.74) is 2.31. The molecule has 1 unspecified atom stereocenters. The third-order valence-electron chi connectivity index (χ3n) is 6.96. The summed E-state index contributed by atoms with van der Waals surface area (Å²) >= 11 is 6.73. The number of amides is 3. The first-order valence-corrected chi connectivity index (χ1v) is 14.8.